The SMILES string of the molecule is O=C([O-])CC(S)(S)C(=O)[O-].[Na+].[Na+]. The molecule has 0 aromatic heterocycles. The molecule has 0 fully saturated rings. The molecule has 0 N–H and O–H groups in total. The normalized spacial score (nSPS) is 9.17. The zero-order valence-electron chi connectivity index (χ0n) is 6.73. The van der Waals surface area contributed by atoms with E-state index in [1.165, 1.54) is 0 Å². The first-order valence-electron chi connectivity index (χ1n) is 2.22. The standard InChI is InChI=1S/C4H6O4S2.2Na/c5-2(6)1-4(9,10)3(7)8;;/h9-10H,1H2,(H,5,6)(H,7,8);;/q;2*+1/p-2. The summed E-state index contributed by atoms with van der Waals surface area (Å²) in [5.41, 5.74) is 0. The Morgan fingerprint density at radius 1 is 1.17 bits per heavy atom. The van der Waals surface area contributed by atoms with Crippen LogP contribution in [0.15, 0.2) is 0 Å². The second kappa shape index (κ2) is 7.99. The molecule has 0 saturated carbocycles. The van der Waals surface area contributed by atoms with Crippen molar-refractivity contribution in [2.45, 2.75) is 10.5 Å². The number of hydrogen-bond acceptors (Lipinski definition) is 6. The number of carboxylic acids is 2. The van der Waals surface area contributed by atoms with Crippen LogP contribution in [0.5, 0.6) is 0 Å². The Labute approximate surface area is 125 Å². The molecule has 0 bridgehead atoms. The predicted octanol–water partition coefficient (Wildman–Crippen LogP) is -8.56. The Hall–Kier alpha value is 1.64. The molecule has 58 valence electrons. The van der Waals surface area contributed by atoms with E-state index in [1.807, 2.05) is 0 Å². The van der Waals surface area contributed by atoms with Gasteiger partial charge in [-0.3, -0.25) is 0 Å². The van der Waals surface area contributed by atoms with Gasteiger partial charge in [-0.1, -0.05) is 0 Å². The molecule has 4 nitrogen and oxygen atoms in total. The molecular weight excluding hydrogens is 222 g/mol. The molecular formula is C4H4Na2O4S2. The van der Waals surface area contributed by atoms with Crippen molar-refractivity contribution in [1.29, 1.82) is 0 Å². The Morgan fingerprint density at radius 2 is 1.50 bits per heavy atom. The van der Waals surface area contributed by atoms with E-state index in [2.05, 4.69) is 25.3 Å². The molecule has 0 spiro atoms. The van der Waals surface area contributed by atoms with Crippen molar-refractivity contribution in [3.63, 3.8) is 0 Å². The summed E-state index contributed by atoms with van der Waals surface area (Å²) in [5.74, 6) is -3.18. The van der Waals surface area contributed by atoms with Crippen LogP contribution < -0.4 is 69.3 Å². The van der Waals surface area contributed by atoms with Crippen LogP contribution in [0.3, 0.4) is 0 Å². The molecule has 0 aromatic rings. The van der Waals surface area contributed by atoms with Crippen LogP contribution in [0.25, 0.3) is 0 Å². The van der Waals surface area contributed by atoms with E-state index in [1.54, 1.807) is 0 Å². The van der Waals surface area contributed by atoms with Crippen molar-refractivity contribution >= 4 is 37.2 Å². The van der Waals surface area contributed by atoms with Gasteiger partial charge in [0.2, 0.25) is 0 Å². The van der Waals surface area contributed by atoms with Crippen LogP contribution in [0, 0.1) is 0 Å². The van der Waals surface area contributed by atoms with Gasteiger partial charge < -0.3 is 19.8 Å². The zero-order chi connectivity index (χ0) is 8.36. The fourth-order valence-corrected chi connectivity index (χ4v) is 0.532. The maximum atomic E-state index is 10.0. The monoisotopic (exact) mass is 226 g/mol. The number of carbonyl (C=O) groups is 2. The van der Waals surface area contributed by atoms with Crippen LogP contribution in [0.1, 0.15) is 6.42 Å². The smallest absolute Gasteiger partial charge is 0.550 e. The fraction of sp³-hybridized carbons (Fsp3) is 0.500. The van der Waals surface area contributed by atoms with Gasteiger partial charge in [0.25, 0.3) is 0 Å². The Kier molecular flexibility index (Phi) is 12.8. The second-order valence-corrected chi connectivity index (χ2v) is 3.53. The van der Waals surface area contributed by atoms with Crippen molar-refractivity contribution in [1.82, 2.24) is 0 Å². The van der Waals surface area contributed by atoms with Gasteiger partial charge in [0.05, 0.1) is 10.0 Å². The van der Waals surface area contributed by atoms with Crippen LogP contribution in [-0.4, -0.2) is 16.0 Å². The summed E-state index contributed by atoms with van der Waals surface area (Å²) in [6, 6.07) is 0. The maximum absolute atomic E-state index is 10.0. The summed E-state index contributed by atoms with van der Waals surface area (Å²) < 4.78 is -1.95. The Balaban J connectivity index is -0.000000405. The summed E-state index contributed by atoms with van der Waals surface area (Å²) >= 11 is 6.80. The van der Waals surface area contributed by atoms with Crippen molar-refractivity contribution in [3.05, 3.63) is 0 Å². The predicted molar refractivity (Wildman–Crippen MR) is 35.3 cm³/mol. The number of hydrogen-bond donors (Lipinski definition) is 2. The average Bonchev–Trinajstić information content (AvgIpc) is 1.60. The third-order valence-corrected chi connectivity index (χ3v) is 1.40. The van der Waals surface area contributed by atoms with Crippen LogP contribution in [0.2, 0.25) is 0 Å². The molecule has 0 aliphatic carbocycles. The number of aliphatic carboxylic acids is 2. The van der Waals surface area contributed by atoms with E-state index in [9.17, 15) is 19.8 Å². The molecule has 0 atom stereocenters. The minimum absolute atomic E-state index is 0. The van der Waals surface area contributed by atoms with Gasteiger partial charge in [-0.15, -0.1) is 0 Å². The number of carboxylic acid groups (broad SMARTS) is 2. The van der Waals surface area contributed by atoms with Crippen LogP contribution in [-0.2, 0) is 9.59 Å². The van der Waals surface area contributed by atoms with Crippen molar-refractivity contribution in [3.8, 4) is 0 Å². The Morgan fingerprint density at radius 3 is 1.58 bits per heavy atom. The van der Waals surface area contributed by atoms with Gasteiger partial charge in [0.15, 0.2) is 0 Å². The fourth-order valence-electron chi connectivity index (χ4n) is 0.273. The quantitative estimate of drug-likeness (QED) is 0.284. The first kappa shape index (κ1) is 19.2. The van der Waals surface area contributed by atoms with E-state index in [4.69, 9.17) is 0 Å². The third kappa shape index (κ3) is 8.25. The minimum atomic E-state index is -1.95. The molecule has 12 heavy (non-hydrogen) atoms. The summed E-state index contributed by atoms with van der Waals surface area (Å²) in [6.07, 6.45) is -0.790. The summed E-state index contributed by atoms with van der Waals surface area (Å²) in [7, 11) is 0. The number of carbonyl (C=O) groups excluding carboxylic acids is 2. The van der Waals surface area contributed by atoms with Gasteiger partial charge in [0.1, 0.15) is 0 Å². The molecule has 0 aromatic carbocycles. The zero-order valence-corrected chi connectivity index (χ0v) is 12.5. The van der Waals surface area contributed by atoms with E-state index in [0.29, 0.717) is 0 Å². The molecule has 0 unspecified atom stereocenters. The molecule has 0 amide bonds. The minimum Gasteiger partial charge on any atom is -0.550 e. The molecule has 0 radical (unpaired) electrons. The number of rotatable bonds is 3. The third-order valence-electron chi connectivity index (χ3n) is 0.718. The van der Waals surface area contributed by atoms with Gasteiger partial charge in [-0.2, -0.15) is 25.3 Å². The van der Waals surface area contributed by atoms with Crippen molar-refractivity contribution in [2.75, 3.05) is 0 Å². The largest absolute Gasteiger partial charge is 1.00 e. The molecule has 0 saturated heterocycles. The topological polar surface area (TPSA) is 80.3 Å². The molecule has 0 heterocycles. The second-order valence-electron chi connectivity index (χ2n) is 1.65. The van der Waals surface area contributed by atoms with E-state index in [-0.39, 0.29) is 59.1 Å². The first-order valence-corrected chi connectivity index (χ1v) is 3.12. The van der Waals surface area contributed by atoms with E-state index >= 15 is 0 Å². The van der Waals surface area contributed by atoms with Crippen LogP contribution >= 0.6 is 25.3 Å². The Bertz CT molecular complexity index is 172. The summed E-state index contributed by atoms with van der Waals surface area (Å²) in [5, 5.41) is 19.8. The van der Waals surface area contributed by atoms with Crippen molar-refractivity contribution in [2.24, 2.45) is 0 Å². The van der Waals surface area contributed by atoms with Crippen LogP contribution in [0.4, 0.5) is 0 Å². The van der Waals surface area contributed by atoms with Gasteiger partial charge in [-0.25, -0.2) is 0 Å². The molecule has 0 aliphatic rings. The molecule has 0 aliphatic heterocycles. The number of thiol groups is 2. The average molecular weight is 226 g/mol. The molecule has 8 heteroatoms. The summed E-state index contributed by atoms with van der Waals surface area (Å²) in [4.78, 5) is 19.8. The van der Waals surface area contributed by atoms with Gasteiger partial charge in [0, 0.05) is 12.4 Å². The van der Waals surface area contributed by atoms with Gasteiger partial charge >= 0.3 is 59.1 Å². The first-order chi connectivity index (χ1) is 4.36. The summed E-state index contributed by atoms with van der Waals surface area (Å²) in [6.45, 7) is 0. The molecule has 0 rings (SSSR count). The van der Waals surface area contributed by atoms with E-state index in [0.717, 1.165) is 0 Å². The van der Waals surface area contributed by atoms with E-state index < -0.39 is 22.4 Å². The van der Waals surface area contributed by atoms with Gasteiger partial charge in [-0.05, 0) is 0 Å². The van der Waals surface area contributed by atoms with Crippen molar-refractivity contribution < 1.29 is 78.9 Å². The maximum Gasteiger partial charge on any atom is 1.00 e.